The molecule has 1 aromatic rings. The molecule has 0 atom stereocenters. The molecule has 0 aliphatic heterocycles. The summed E-state index contributed by atoms with van der Waals surface area (Å²) in [4.78, 5) is 11.6. The quantitative estimate of drug-likeness (QED) is 0.722. The molecule has 0 radical (unpaired) electrons. The average molecular weight is 222 g/mol. The van der Waals surface area contributed by atoms with Crippen molar-refractivity contribution in [3.05, 3.63) is 29.3 Å². The van der Waals surface area contributed by atoms with Crippen LogP contribution in [0.2, 0.25) is 0 Å². The highest BCUT2D eigenvalue weighted by Crippen LogP contribution is 2.28. The van der Waals surface area contributed by atoms with Gasteiger partial charge in [-0.25, -0.2) is 4.79 Å². The standard InChI is InChI=1S/C13H18O3/c1-13(2,3)9-6-7-11(15-4)10(8-9)12(14)16-5/h6-8H,1-5H3. The number of carbonyl (C=O) groups is 1. The minimum absolute atomic E-state index is 0.00492. The summed E-state index contributed by atoms with van der Waals surface area (Å²) in [5, 5.41) is 0. The van der Waals surface area contributed by atoms with Crippen LogP contribution >= 0.6 is 0 Å². The second kappa shape index (κ2) is 4.56. The fourth-order valence-corrected chi connectivity index (χ4v) is 1.44. The number of esters is 1. The molecular weight excluding hydrogens is 204 g/mol. The summed E-state index contributed by atoms with van der Waals surface area (Å²) in [5.41, 5.74) is 1.54. The molecule has 0 aliphatic carbocycles. The summed E-state index contributed by atoms with van der Waals surface area (Å²) in [6.07, 6.45) is 0. The number of rotatable bonds is 2. The van der Waals surface area contributed by atoms with Crippen LogP contribution < -0.4 is 4.74 Å². The minimum Gasteiger partial charge on any atom is -0.496 e. The smallest absolute Gasteiger partial charge is 0.341 e. The first-order chi connectivity index (χ1) is 7.40. The molecule has 3 nitrogen and oxygen atoms in total. The highest BCUT2D eigenvalue weighted by atomic mass is 16.5. The molecule has 16 heavy (non-hydrogen) atoms. The van der Waals surface area contributed by atoms with Crippen molar-refractivity contribution in [2.75, 3.05) is 14.2 Å². The normalized spacial score (nSPS) is 11.1. The molecule has 1 aromatic carbocycles. The molecule has 0 heterocycles. The number of ether oxygens (including phenoxy) is 2. The van der Waals surface area contributed by atoms with Gasteiger partial charge in [-0.15, -0.1) is 0 Å². The van der Waals surface area contributed by atoms with Crippen LogP contribution in [0.1, 0.15) is 36.7 Å². The molecule has 0 aliphatic rings. The fourth-order valence-electron chi connectivity index (χ4n) is 1.44. The van der Waals surface area contributed by atoms with Gasteiger partial charge in [-0.05, 0) is 23.1 Å². The molecule has 3 heteroatoms. The van der Waals surface area contributed by atoms with Gasteiger partial charge in [0.1, 0.15) is 11.3 Å². The maximum absolute atomic E-state index is 11.6. The number of carbonyl (C=O) groups excluding carboxylic acids is 1. The SMILES string of the molecule is COC(=O)c1cc(C(C)(C)C)ccc1OC. The number of benzene rings is 1. The van der Waals surface area contributed by atoms with Gasteiger partial charge in [-0.1, -0.05) is 26.8 Å². The van der Waals surface area contributed by atoms with E-state index in [0.717, 1.165) is 5.56 Å². The lowest BCUT2D eigenvalue weighted by molar-refractivity contribution is 0.0597. The molecule has 0 unspecified atom stereocenters. The van der Waals surface area contributed by atoms with Gasteiger partial charge < -0.3 is 9.47 Å². The third kappa shape index (κ3) is 2.54. The van der Waals surface area contributed by atoms with Crippen LogP contribution in [-0.4, -0.2) is 20.2 Å². The first-order valence-electron chi connectivity index (χ1n) is 5.17. The third-order valence-corrected chi connectivity index (χ3v) is 2.47. The Labute approximate surface area is 96.4 Å². The summed E-state index contributed by atoms with van der Waals surface area (Å²) < 4.78 is 9.86. The van der Waals surface area contributed by atoms with Crippen LogP contribution in [0.3, 0.4) is 0 Å². The second-order valence-corrected chi connectivity index (χ2v) is 4.66. The Bertz CT molecular complexity index is 389. The van der Waals surface area contributed by atoms with Crippen molar-refractivity contribution in [2.24, 2.45) is 0 Å². The van der Waals surface area contributed by atoms with Gasteiger partial charge in [0.15, 0.2) is 0 Å². The van der Waals surface area contributed by atoms with Crippen LogP contribution in [0.4, 0.5) is 0 Å². The zero-order valence-corrected chi connectivity index (χ0v) is 10.5. The van der Waals surface area contributed by atoms with Gasteiger partial charge in [0.25, 0.3) is 0 Å². The van der Waals surface area contributed by atoms with Crippen molar-refractivity contribution in [3.8, 4) is 5.75 Å². The highest BCUT2D eigenvalue weighted by molar-refractivity contribution is 5.92. The molecule has 0 amide bonds. The molecular formula is C13H18O3. The number of hydrogen-bond donors (Lipinski definition) is 0. The monoisotopic (exact) mass is 222 g/mol. The van der Waals surface area contributed by atoms with E-state index in [1.165, 1.54) is 7.11 Å². The molecule has 0 saturated carbocycles. The lowest BCUT2D eigenvalue weighted by Crippen LogP contribution is -2.13. The van der Waals surface area contributed by atoms with Crippen molar-refractivity contribution >= 4 is 5.97 Å². The Kier molecular flexibility index (Phi) is 3.58. The second-order valence-electron chi connectivity index (χ2n) is 4.66. The van der Waals surface area contributed by atoms with Gasteiger partial charge in [0.2, 0.25) is 0 Å². The van der Waals surface area contributed by atoms with E-state index >= 15 is 0 Å². The van der Waals surface area contributed by atoms with Crippen LogP contribution in [0.15, 0.2) is 18.2 Å². The van der Waals surface area contributed by atoms with Crippen LogP contribution in [-0.2, 0) is 10.2 Å². The van der Waals surface area contributed by atoms with Crippen molar-refractivity contribution in [1.29, 1.82) is 0 Å². The average Bonchev–Trinajstić information content (AvgIpc) is 2.25. The lowest BCUT2D eigenvalue weighted by atomic mass is 9.86. The van der Waals surface area contributed by atoms with E-state index in [4.69, 9.17) is 9.47 Å². The molecule has 0 spiro atoms. The highest BCUT2D eigenvalue weighted by Gasteiger charge is 2.19. The van der Waals surface area contributed by atoms with Gasteiger partial charge in [-0.3, -0.25) is 0 Å². The summed E-state index contributed by atoms with van der Waals surface area (Å²) in [6, 6.07) is 5.59. The molecule has 0 saturated heterocycles. The molecule has 0 bridgehead atoms. The Morgan fingerprint density at radius 2 is 1.81 bits per heavy atom. The summed E-state index contributed by atoms with van der Waals surface area (Å²) >= 11 is 0. The van der Waals surface area contributed by atoms with Gasteiger partial charge in [0.05, 0.1) is 14.2 Å². The first-order valence-corrected chi connectivity index (χ1v) is 5.17. The Balaban J connectivity index is 3.27. The number of methoxy groups -OCH3 is 2. The van der Waals surface area contributed by atoms with Crippen LogP contribution in [0, 0.1) is 0 Å². The van der Waals surface area contributed by atoms with Crippen LogP contribution in [0.25, 0.3) is 0 Å². The third-order valence-electron chi connectivity index (χ3n) is 2.47. The molecule has 0 fully saturated rings. The minimum atomic E-state index is -0.372. The van der Waals surface area contributed by atoms with Crippen molar-refractivity contribution in [2.45, 2.75) is 26.2 Å². The zero-order chi connectivity index (χ0) is 12.3. The summed E-state index contributed by atoms with van der Waals surface area (Å²) in [6.45, 7) is 6.28. The Hall–Kier alpha value is -1.51. The maximum atomic E-state index is 11.6. The van der Waals surface area contributed by atoms with Crippen molar-refractivity contribution < 1.29 is 14.3 Å². The van der Waals surface area contributed by atoms with Gasteiger partial charge in [-0.2, -0.15) is 0 Å². The Morgan fingerprint density at radius 3 is 2.25 bits per heavy atom. The largest absolute Gasteiger partial charge is 0.496 e. The fraction of sp³-hybridized carbons (Fsp3) is 0.462. The summed E-state index contributed by atoms with van der Waals surface area (Å²) in [5.74, 6) is 0.169. The lowest BCUT2D eigenvalue weighted by Gasteiger charge is -2.20. The van der Waals surface area contributed by atoms with Gasteiger partial charge >= 0.3 is 5.97 Å². The summed E-state index contributed by atoms with van der Waals surface area (Å²) in [7, 11) is 2.91. The molecule has 0 N–H and O–H groups in total. The van der Waals surface area contributed by atoms with Crippen molar-refractivity contribution in [1.82, 2.24) is 0 Å². The van der Waals surface area contributed by atoms with E-state index in [-0.39, 0.29) is 11.4 Å². The molecule has 88 valence electrons. The van der Waals surface area contributed by atoms with E-state index in [1.807, 2.05) is 12.1 Å². The van der Waals surface area contributed by atoms with Crippen LogP contribution in [0.5, 0.6) is 5.75 Å². The zero-order valence-electron chi connectivity index (χ0n) is 10.5. The van der Waals surface area contributed by atoms with E-state index < -0.39 is 0 Å². The molecule has 1 rings (SSSR count). The molecule has 0 aromatic heterocycles. The topological polar surface area (TPSA) is 35.5 Å². The van der Waals surface area contributed by atoms with E-state index in [9.17, 15) is 4.79 Å². The first kappa shape index (κ1) is 12.6. The van der Waals surface area contributed by atoms with Gasteiger partial charge in [0, 0.05) is 0 Å². The maximum Gasteiger partial charge on any atom is 0.341 e. The van der Waals surface area contributed by atoms with Crippen molar-refractivity contribution in [3.63, 3.8) is 0 Å². The Morgan fingerprint density at radius 1 is 1.19 bits per heavy atom. The predicted octanol–water partition coefficient (Wildman–Crippen LogP) is 2.78. The predicted molar refractivity (Wildman–Crippen MR) is 63.0 cm³/mol. The van der Waals surface area contributed by atoms with E-state index in [0.29, 0.717) is 11.3 Å². The van der Waals surface area contributed by atoms with E-state index in [2.05, 4.69) is 20.8 Å². The number of hydrogen-bond acceptors (Lipinski definition) is 3. The van der Waals surface area contributed by atoms with E-state index in [1.54, 1.807) is 13.2 Å².